The lowest BCUT2D eigenvalue weighted by Gasteiger charge is -2.31. The van der Waals surface area contributed by atoms with E-state index < -0.39 is 68.1 Å². The van der Waals surface area contributed by atoms with E-state index in [0.717, 1.165) is 23.7 Å². The van der Waals surface area contributed by atoms with Gasteiger partial charge in [0.25, 0.3) is 0 Å². The van der Waals surface area contributed by atoms with Crippen molar-refractivity contribution >= 4 is 65.5 Å². The number of carbonyl (C=O) groups excluding carboxylic acids is 1. The summed E-state index contributed by atoms with van der Waals surface area (Å²) in [5, 5.41) is 17.4. The number of aromatic nitrogens is 6. The molecule has 3 aromatic heterocycles. The Labute approximate surface area is 449 Å². The maximum Gasteiger partial charge on any atom is 0.435 e. The van der Waals surface area contributed by atoms with E-state index in [1.54, 1.807) is 18.2 Å². The number of carbonyl (C=O) groups is 2. The van der Waals surface area contributed by atoms with E-state index in [9.17, 15) is 71.1 Å². The van der Waals surface area contributed by atoms with Crippen molar-refractivity contribution in [1.82, 2.24) is 29.5 Å². The molecule has 77 heavy (non-hydrogen) atoms. The first-order valence-electron chi connectivity index (χ1n) is 21.9. The van der Waals surface area contributed by atoms with Gasteiger partial charge in [0.05, 0.1) is 45.6 Å². The molecule has 2 aliphatic rings. The van der Waals surface area contributed by atoms with Crippen molar-refractivity contribution in [3.63, 3.8) is 0 Å². The van der Waals surface area contributed by atoms with Crippen molar-refractivity contribution < 1.29 is 80.4 Å². The smallest absolute Gasteiger partial charge is 0.435 e. The first-order valence-corrected chi connectivity index (χ1v) is 25.5. The van der Waals surface area contributed by atoms with Gasteiger partial charge in [-0.2, -0.15) is 62.9 Å². The molecule has 0 radical (unpaired) electrons. The van der Waals surface area contributed by atoms with Crippen LogP contribution >= 0.6 is 44.6 Å². The van der Waals surface area contributed by atoms with E-state index >= 15 is 0 Å². The molecule has 0 aliphatic heterocycles. The number of aryl methyl sites for hydroxylation is 4. The molecule has 3 N–H and O–H groups in total. The molecule has 0 saturated heterocycles. The van der Waals surface area contributed by atoms with Gasteiger partial charge in [-0.3, -0.25) is 4.79 Å². The number of carboxylic acids is 1. The number of nitrogens with zero attached hydrogens (tertiary/aromatic N) is 6. The van der Waals surface area contributed by atoms with Crippen molar-refractivity contribution in [3.05, 3.63) is 128 Å². The second-order valence-electron chi connectivity index (χ2n) is 17.6. The number of halogens is 18. The van der Waals surface area contributed by atoms with Crippen LogP contribution in [0.2, 0.25) is 10.0 Å². The Bertz CT molecular complexity index is 3100. The van der Waals surface area contributed by atoms with Crippen LogP contribution in [0.25, 0.3) is 33.9 Å². The van der Waals surface area contributed by atoms with Crippen molar-refractivity contribution in [2.24, 2.45) is 11.7 Å². The molecule has 2 saturated carbocycles. The minimum Gasteiger partial charge on any atom is -0.476 e. The van der Waals surface area contributed by atoms with E-state index in [1.165, 1.54) is 70.0 Å². The molecule has 0 atom stereocenters. The maximum atomic E-state index is 14.6. The van der Waals surface area contributed by atoms with Gasteiger partial charge < -0.3 is 10.8 Å². The quantitative estimate of drug-likeness (QED) is 0.0773. The molecule has 30 heteroatoms. The third kappa shape index (κ3) is 14.3. The highest BCUT2D eigenvalue weighted by molar-refractivity contribution is 8.26. The number of benzene rings is 3. The minimum atomic E-state index is -6.24. The number of Topliss-reactive ketones (excluding diaryl/α,β-unsaturated/α-hetero) is 1. The second kappa shape index (κ2) is 23.5. The lowest BCUT2D eigenvalue weighted by atomic mass is 9.90. The van der Waals surface area contributed by atoms with Gasteiger partial charge in [0.1, 0.15) is 0 Å². The Balaban J connectivity index is 0.000000249. The summed E-state index contributed by atoms with van der Waals surface area (Å²) in [6.45, 7) is 4.94. The van der Waals surface area contributed by atoms with Gasteiger partial charge in [-0.1, -0.05) is 53.5 Å². The van der Waals surface area contributed by atoms with Crippen LogP contribution in [0.15, 0.2) is 73.4 Å². The number of ketones is 1. The third-order valence-electron chi connectivity index (χ3n) is 11.6. The summed E-state index contributed by atoms with van der Waals surface area (Å²) in [6, 6.07) is 7.42. The van der Waals surface area contributed by atoms with Crippen molar-refractivity contribution in [1.29, 1.82) is 0 Å². The summed E-state index contributed by atoms with van der Waals surface area (Å²) >= 11 is 11.9. The van der Waals surface area contributed by atoms with Crippen molar-refractivity contribution in [2.75, 3.05) is 0 Å². The van der Waals surface area contributed by atoms with E-state index in [2.05, 4.69) is 41.5 Å². The number of aromatic carboxylic acids is 1. The van der Waals surface area contributed by atoms with Gasteiger partial charge in [0.15, 0.2) is 17.3 Å². The van der Waals surface area contributed by atoms with Gasteiger partial charge in [0, 0.05) is 68.5 Å². The minimum absolute atomic E-state index is 0.0356. The van der Waals surface area contributed by atoms with E-state index in [4.69, 9.17) is 38.3 Å². The fourth-order valence-electron chi connectivity index (χ4n) is 7.53. The first-order chi connectivity index (χ1) is 35.3. The molecule has 0 bridgehead atoms. The van der Waals surface area contributed by atoms with Crippen LogP contribution in [0, 0.1) is 33.6 Å². The molecule has 0 unspecified atom stereocenters. The SMILES string of the molecule is Cc1cc(C(F)(C(F)(F)F)C(F)(F)F)cc(C)c1-n1cc(-c2ccc(Cl)c(C(=O)CC3CC3)c2)cn1.Cc1cc(C(F)(C(F)(F)F)C(F)(F)F)cc(C)c1-n1cc(-c2ncc(Cl)c(C(=O)O)n2)cn1.NC1CC1.O=S(Cl)Cl. The second-order valence-corrected chi connectivity index (χ2v) is 20.9. The Morgan fingerprint density at radius 1 is 0.636 bits per heavy atom. The summed E-state index contributed by atoms with van der Waals surface area (Å²) in [7, 11) is 7.36. The molecule has 3 aromatic carbocycles. The van der Waals surface area contributed by atoms with Crippen LogP contribution in [0.4, 0.5) is 61.5 Å². The summed E-state index contributed by atoms with van der Waals surface area (Å²) in [5.74, 6) is -1.22. The predicted octanol–water partition coefficient (Wildman–Crippen LogP) is 14.8. The lowest BCUT2D eigenvalue weighted by Crippen LogP contribution is -2.50. The molecular weight excluding hydrogens is 1170 g/mol. The van der Waals surface area contributed by atoms with E-state index in [-0.39, 0.29) is 55.8 Å². The normalized spacial score (nSPS) is 14.2. The number of carboxylic acid groups (broad SMARTS) is 1. The van der Waals surface area contributed by atoms with Crippen LogP contribution in [-0.4, -0.2) is 81.3 Å². The van der Waals surface area contributed by atoms with Crippen molar-refractivity contribution in [2.45, 2.75) is 102 Å². The highest BCUT2D eigenvalue weighted by atomic mass is 36.0. The monoisotopic (exact) mass is 1200 g/mol. The zero-order valence-corrected chi connectivity index (χ0v) is 43.6. The lowest BCUT2D eigenvalue weighted by molar-refractivity contribution is -0.349. The molecule has 418 valence electrons. The molecule has 3 heterocycles. The molecule has 0 amide bonds. The van der Waals surface area contributed by atoms with E-state index in [0.29, 0.717) is 64.4 Å². The van der Waals surface area contributed by atoms with Crippen LogP contribution in [0.1, 0.15) is 86.3 Å². The summed E-state index contributed by atoms with van der Waals surface area (Å²) in [5.41, 5.74) is -7.84. The molecule has 8 rings (SSSR count). The topological polar surface area (TPSA) is 159 Å². The Hall–Kier alpha value is -5.41. The van der Waals surface area contributed by atoms with Gasteiger partial charge in [-0.05, 0) is 99.2 Å². The maximum absolute atomic E-state index is 14.6. The Morgan fingerprint density at radius 3 is 1.39 bits per heavy atom. The highest BCUT2D eigenvalue weighted by Crippen LogP contribution is 2.55. The van der Waals surface area contributed by atoms with Gasteiger partial charge >= 0.3 is 42.0 Å². The molecule has 2 aliphatic carbocycles. The summed E-state index contributed by atoms with van der Waals surface area (Å²) in [4.78, 5) is 31.4. The number of rotatable bonds is 10. The zero-order valence-electron chi connectivity index (χ0n) is 39.8. The van der Waals surface area contributed by atoms with E-state index in [1.807, 2.05) is 0 Å². The Morgan fingerprint density at radius 2 is 1.03 bits per heavy atom. The number of hydrogen-bond acceptors (Lipinski definition) is 8. The average Bonchev–Trinajstić information content (AvgIpc) is 4.18. The average molecular weight is 1210 g/mol. The molecule has 11 nitrogen and oxygen atoms in total. The van der Waals surface area contributed by atoms with Crippen LogP contribution in [-0.2, 0) is 20.6 Å². The molecular formula is C47H39Cl4F14N7O4S. The largest absolute Gasteiger partial charge is 0.476 e. The number of alkyl halides is 14. The Kier molecular flexibility index (Phi) is 19.1. The van der Waals surface area contributed by atoms with Crippen LogP contribution < -0.4 is 5.73 Å². The number of hydrogen-bond donors (Lipinski definition) is 2. The van der Waals surface area contributed by atoms with Crippen molar-refractivity contribution in [3.8, 4) is 33.9 Å². The van der Waals surface area contributed by atoms with Gasteiger partial charge in [0.2, 0.25) is 9.23 Å². The zero-order chi connectivity index (χ0) is 58.1. The van der Waals surface area contributed by atoms with Gasteiger partial charge in [-0.15, -0.1) is 0 Å². The predicted molar refractivity (Wildman–Crippen MR) is 258 cm³/mol. The molecule has 6 aromatic rings. The standard InChI is InChI=1S/C25H20ClF7N2O.C19H12ClF7N4O2.C3H7N.Cl2OS/c1-13-7-18(23(27,24(28,29)30)25(31,32)33)8-14(2)22(13)35-12-17(11-34-35)16-5-6-20(26)19(10-16)21(36)9-15-3-4-15;1-8-3-11(17(21,18(22,23)24)19(25,26)27)4-9(2)14(8)31-7-10(5-29-31)15-28-6-12(20)13(30-15)16(32)33;4-3-1-2-3;1-4(2)3/h5-8,10-12,15H,3-4,9H2,1-2H3;3-7H,1-2H3,(H,32,33);3H,1-2,4H2;. The summed E-state index contributed by atoms with van der Waals surface area (Å²) in [6.07, 6.45) is -13.5. The van der Waals surface area contributed by atoms with Crippen LogP contribution in [0.5, 0.6) is 0 Å². The fourth-order valence-corrected chi connectivity index (χ4v) is 7.92. The first kappa shape index (κ1) is 62.4. The number of nitrogens with two attached hydrogens (primary N) is 1. The van der Waals surface area contributed by atoms with Gasteiger partial charge in [-0.25, -0.2) is 37.1 Å². The molecule has 2 fully saturated rings. The van der Waals surface area contributed by atoms with Crippen LogP contribution in [0.3, 0.4) is 0 Å². The summed E-state index contributed by atoms with van der Waals surface area (Å²) < 4.78 is 198. The third-order valence-corrected chi connectivity index (χ3v) is 12.2. The highest BCUT2D eigenvalue weighted by Gasteiger charge is 2.74. The fraction of sp³-hybridized carbons (Fsp3) is 0.362. The molecule has 0 spiro atoms.